The van der Waals surface area contributed by atoms with Crippen molar-refractivity contribution in [1.82, 2.24) is 4.90 Å². The van der Waals surface area contributed by atoms with E-state index in [0.29, 0.717) is 48.6 Å². The quantitative estimate of drug-likeness (QED) is 0.849. The summed E-state index contributed by atoms with van der Waals surface area (Å²) in [6, 6.07) is 4.90. The second-order valence-corrected chi connectivity index (χ2v) is 6.44. The van der Waals surface area contributed by atoms with Crippen molar-refractivity contribution in [3.05, 3.63) is 28.2 Å². The Labute approximate surface area is 139 Å². The second-order valence-electron chi connectivity index (χ2n) is 5.62. The summed E-state index contributed by atoms with van der Waals surface area (Å²) in [4.78, 5) is 14.2. The van der Waals surface area contributed by atoms with Gasteiger partial charge in [-0.15, -0.1) is 0 Å². The Morgan fingerprint density at radius 1 is 1.18 bits per heavy atom. The van der Waals surface area contributed by atoms with Gasteiger partial charge in [0.05, 0.1) is 28.8 Å². The summed E-state index contributed by atoms with van der Waals surface area (Å²) in [6.07, 6.45) is 1.65. The number of benzene rings is 1. The Bertz CT molecular complexity index is 556. The predicted molar refractivity (Wildman–Crippen MR) is 85.8 cm³/mol. The predicted octanol–water partition coefficient (Wildman–Crippen LogP) is 3.41. The zero-order valence-corrected chi connectivity index (χ0v) is 13.6. The van der Waals surface area contributed by atoms with Crippen molar-refractivity contribution in [2.24, 2.45) is 0 Å². The number of ether oxygens (including phenoxy) is 2. The van der Waals surface area contributed by atoms with Gasteiger partial charge in [0.2, 0.25) is 0 Å². The molecule has 2 amide bonds. The van der Waals surface area contributed by atoms with Gasteiger partial charge in [-0.25, -0.2) is 4.79 Å². The van der Waals surface area contributed by atoms with E-state index in [4.69, 9.17) is 32.7 Å². The van der Waals surface area contributed by atoms with E-state index in [1.54, 1.807) is 23.1 Å². The van der Waals surface area contributed by atoms with Crippen LogP contribution in [0.15, 0.2) is 18.2 Å². The standard InChI is InChI=1S/C15H18Cl2N2O3/c16-12-2-1-11(9-13(12)17)18-14(20)19-5-8-22-15(10-19)3-6-21-7-4-15/h1-2,9H,3-8,10H2,(H,18,20). The molecule has 3 rings (SSSR count). The Kier molecular flexibility index (Phi) is 4.78. The van der Waals surface area contributed by atoms with Gasteiger partial charge in [0, 0.05) is 38.3 Å². The third kappa shape index (κ3) is 3.49. The number of rotatable bonds is 1. The van der Waals surface area contributed by atoms with Crippen molar-refractivity contribution in [2.75, 3.05) is 38.2 Å². The van der Waals surface area contributed by atoms with Crippen LogP contribution in [0, 0.1) is 0 Å². The van der Waals surface area contributed by atoms with Crippen molar-refractivity contribution in [3.8, 4) is 0 Å². The lowest BCUT2D eigenvalue weighted by Crippen LogP contribution is -2.56. The van der Waals surface area contributed by atoms with E-state index in [2.05, 4.69) is 5.32 Å². The van der Waals surface area contributed by atoms with E-state index in [0.717, 1.165) is 12.8 Å². The summed E-state index contributed by atoms with van der Waals surface area (Å²) < 4.78 is 11.3. The molecule has 1 N–H and O–H groups in total. The first kappa shape index (κ1) is 15.9. The van der Waals surface area contributed by atoms with E-state index in [1.807, 2.05) is 0 Å². The summed E-state index contributed by atoms with van der Waals surface area (Å²) in [5.74, 6) is 0. The Morgan fingerprint density at radius 2 is 1.95 bits per heavy atom. The molecule has 1 aromatic rings. The van der Waals surface area contributed by atoms with Gasteiger partial charge in [-0.3, -0.25) is 0 Å². The zero-order valence-electron chi connectivity index (χ0n) is 12.1. The lowest BCUT2D eigenvalue weighted by atomic mass is 9.92. The summed E-state index contributed by atoms with van der Waals surface area (Å²) >= 11 is 11.8. The molecule has 22 heavy (non-hydrogen) atoms. The Hall–Kier alpha value is -1.01. The normalized spacial score (nSPS) is 20.9. The zero-order chi connectivity index (χ0) is 15.6. The van der Waals surface area contributed by atoms with Gasteiger partial charge in [0.1, 0.15) is 0 Å². The second kappa shape index (κ2) is 6.62. The van der Waals surface area contributed by atoms with Crippen LogP contribution in [0.5, 0.6) is 0 Å². The minimum Gasteiger partial charge on any atom is -0.381 e. The molecule has 7 heteroatoms. The highest BCUT2D eigenvalue weighted by Crippen LogP contribution is 2.30. The maximum Gasteiger partial charge on any atom is 0.322 e. The van der Waals surface area contributed by atoms with E-state index < -0.39 is 0 Å². The van der Waals surface area contributed by atoms with Crippen molar-refractivity contribution in [1.29, 1.82) is 0 Å². The van der Waals surface area contributed by atoms with Crippen LogP contribution < -0.4 is 5.32 Å². The maximum absolute atomic E-state index is 12.4. The highest BCUT2D eigenvalue weighted by molar-refractivity contribution is 6.42. The first-order chi connectivity index (χ1) is 10.6. The number of hydrogen-bond acceptors (Lipinski definition) is 3. The molecule has 0 aromatic heterocycles. The first-order valence-corrected chi connectivity index (χ1v) is 8.06. The number of carbonyl (C=O) groups is 1. The number of nitrogens with one attached hydrogen (secondary N) is 1. The van der Waals surface area contributed by atoms with Crippen LogP contribution in [0.25, 0.3) is 0 Å². The van der Waals surface area contributed by atoms with Crippen LogP contribution in [0.1, 0.15) is 12.8 Å². The van der Waals surface area contributed by atoms with Gasteiger partial charge in [-0.2, -0.15) is 0 Å². The summed E-state index contributed by atoms with van der Waals surface area (Å²) in [7, 11) is 0. The third-order valence-corrected chi connectivity index (χ3v) is 4.85. The first-order valence-electron chi connectivity index (χ1n) is 7.31. The summed E-state index contributed by atoms with van der Waals surface area (Å²) in [5.41, 5.74) is 0.373. The smallest absolute Gasteiger partial charge is 0.322 e. The third-order valence-electron chi connectivity index (χ3n) is 4.11. The Balaban J connectivity index is 1.65. The molecule has 120 valence electrons. The van der Waals surface area contributed by atoms with Gasteiger partial charge in [0.25, 0.3) is 0 Å². The molecule has 1 aromatic carbocycles. The van der Waals surface area contributed by atoms with Crippen LogP contribution in [-0.2, 0) is 9.47 Å². The van der Waals surface area contributed by atoms with E-state index in [-0.39, 0.29) is 11.6 Å². The number of carbonyl (C=O) groups excluding carboxylic acids is 1. The van der Waals surface area contributed by atoms with E-state index in [9.17, 15) is 4.79 Å². The number of urea groups is 1. The summed E-state index contributed by atoms with van der Waals surface area (Å²) in [6.45, 7) is 3.08. The highest BCUT2D eigenvalue weighted by atomic mass is 35.5. The molecule has 2 saturated heterocycles. The van der Waals surface area contributed by atoms with E-state index in [1.165, 1.54) is 0 Å². The van der Waals surface area contributed by atoms with E-state index >= 15 is 0 Å². The molecule has 0 bridgehead atoms. The number of amides is 2. The van der Waals surface area contributed by atoms with Crippen LogP contribution in [0.4, 0.5) is 10.5 Å². The number of hydrogen-bond donors (Lipinski definition) is 1. The molecule has 2 aliphatic rings. The van der Waals surface area contributed by atoms with Gasteiger partial charge < -0.3 is 19.7 Å². The van der Waals surface area contributed by atoms with Gasteiger partial charge >= 0.3 is 6.03 Å². The number of nitrogens with zero attached hydrogens (tertiary/aromatic N) is 1. The largest absolute Gasteiger partial charge is 0.381 e. The molecule has 2 fully saturated rings. The summed E-state index contributed by atoms with van der Waals surface area (Å²) in [5, 5.41) is 3.74. The minimum atomic E-state index is -0.258. The highest BCUT2D eigenvalue weighted by Gasteiger charge is 2.39. The number of halogens is 2. The van der Waals surface area contributed by atoms with Crippen molar-refractivity contribution < 1.29 is 14.3 Å². The lowest BCUT2D eigenvalue weighted by Gasteiger charge is -2.44. The van der Waals surface area contributed by atoms with Crippen molar-refractivity contribution in [3.63, 3.8) is 0 Å². The molecule has 0 aliphatic carbocycles. The minimum absolute atomic E-state index is 0.146. The van der Waals surface area contributed by atoms with Gasteiger partial charge in [-0.05, 0) is 18.2 Å². The van der Waals surface area contributed by atoms with Crippen molar-refractivity contribution in [2.45, 2.75) is 18.4 Å². The average Bonchev–Trinajstić information content (AvgIpc) is 2.52. The van der Waals surface area contributed by atoms with Crippen LogP contribution in [0.3, 0.4) is 0 Å². The fourth-order valence-electron chi connectivity index (χ4n) is 2.84. The number of morpholine rings is 1. The molecule has 2 heterocycles. The number of anilines is 1. The molecule has 0 radical (unpaired) electrons. The molecule has 5 nitrogen and oxygen atoms in total. The molecule has 2 aliphatic heterocycles. The molecular weight excluding hydrogens is 327 g/mol. The molecular formula is C15H18Cl2N2O3. The fourth-order valence-corrected chi connectivity index (χ4v) is 3.14. The topological polar surface area (TPSA) is 50.8 Å². The van der Waals surface area contributed by atoms with Gasteiger partial charge in [0.15, 0.2) is 0 Å². The SMILES string of the molecule is O=C(Nc1ccc(Cl)c(Cl)c1)N1CCOC2(CCOCC2)C1. The molecule has 0 unspecified atom stereocenters. The Morgan fingerprint density at radius 3 is 2.68 bits per heavy atom. The molecule has 1 spiro atoms. The fraction of sp³-hybridized carbons (Fsp3) is 0.533. The monoisotopic (exact) mass is 344 g/mol. The molecule has 0 atom stereocenters. The molecule has 0 saturated carbocycles. The van der Waals surface area contributed by atoms with Crippen LogP contribution in [0.2, 0.25) is 10.0 Å². The lowest BCUT2D eigenvalue weighted by molar-refractivity contribution is -0.144. The van der Waals surface area contributed by atoms with Gasteiger partial charge in [-0.1, -0.05) is 23.2 Å². The average molecular weight is 345 g/mol. The maximum atomic E-state index is 12.4. The van der Waals surface area contributed by atoms with Crippen molar-refractivity contribution >= 4 is 34.9 Å². The van der Waals surface area contributed by atoms with Crippen LogP contribution in [-0.4, -0.2) is 49.4 Å². The van der Waals surface area contributed by atoms with Crippen LogP contribution >= 0.6 is 23.2 Å².